The summed E-state index contributed by atoms with van der Waals surface area (Å²) in [5, 5.41) is 23.1. The number of nitrogens with two attached hydrogens (primary N) is 1. The Hall–Kier alpha value is -2.74. The van der Waals surface area contributed by atoms with Gasteiger partial charge in [-0.3, -0.25) is 4.79 Å². The number of thiophene rings is 3. The number of carbonyl (C=O) groups is 3. The average Bonchev–Trinajstić information content (AvgIpc) is 3.54. The number of alkyl halides is 3. The van der Waals surface area contributed by atoms with Crippen molar-refractivity contribution in [2.24, 2.45) is 5.73 Å². The molecule has 0 aliphatic rings. The van der Waals surface area contributed by atoms with Crippen LogP contribution in [-0.4, -0.2) is 46.8 Å². The molecule has 0 bridgehead atoms. The van der Waals surface area contributed by atoms with Crippen LogP contribution in [0, 0.1) is 0 Å². The van der Waals surface area contributed by atoms with Crippen LogP contribution in [0.2, 0.25) is 0 Å². The Balaban J connectivity index is 0.000000509. The number of aliphatic carboxylic acids is 2. The molecule has 3 aromatic rings. The van der Waals surface area contributed by atoms with E-state index >= 15 is 0 Å². The number of halogens is 3. The standard InChI is InChI=1S/C19H20N2O3S3.C2HF3O2/c20-9-1-4-12(19(23)24)21-18(22)16-8-7-15(27-16)17(13-5-2-10-25-13)14-6-3-11-26-14;3-2(4,5)1(6)7/h2-3,5-8,10-12,17H,1,4,9,20H2,(H,21,22)(H,23,24);(H,6,7)/t12-;/m0./s1. The van der Waals surface area contributed by atoms with Crippen molar-refractivity contribution in [3.8, 4) is 0 Å². The summed E-state index contributed by atoms with van der Waals surface area (Å²) in [5.41, 5.74) is 5.45. The highest BCUT2D eigenvalue weighted by Gasteiger charge is 2.38. The second kappa shape index (κ2) is 12.6. The average molecular weight is 535 g/mol. The summed E-state index contributed by atoms with van der Waals surface area (Å²) in [5.74, 6) is -4.05. The molecule has 0 aromatic carbocycles. The second-order valence-electron chi connectivity index (χ2n) is 6.76. The molecule has 0 saturated carbocycles. The third-order valence-corrected chi connectivity index (χ3v) is 7.36. The van der Waals surface area contributed by atoms with Gasteiger partial charge >= 0.3 is 18.1 Å². The van der Waals surface area contributed by atoms with E-state index in [-0.39, 0.29) is 11.8 Å². The minimum Gasteiger partial charge on any atom is -0.480 e. The first-order valence-electron chi connectivity index (χ1n) is 9.75. The van der Waals surface area contributed by atoms with Gasteiger partial charge in [0.05, 0.1) is 10.8 Å². The summed E-state index contributed by atoms with van der Waals surface area (Å²) in [6.45, 7) is 0.395. The molecular weight excluding hydrogens is 513 g/mol. The van der Waals surface area contributed by atoms with Gasteiger partial charge in [0, 0.05) is 14.6 Å². The Labute approximate surface area is 204 Å². The Morgan fingerprint density at radius 1 is 0.971 bits per heavy atom. The van der Waals surface area contributed by atoms with Gasteiger partial charge in [-0.25, -0.2) is 9.59 Å². The van der Waals surface area contributed by atoms with Crippen LogP contribution in [0.15, 0.2) is 47.2 Å². The molecule has 0 spiro atoms. The van der Waals surface area contributed by atoms with Crippen LogP contribution >= 0.6 is 34.0 Å². The lowest BCUT2D eigenvalue weighted by Crippen LogP contribution is -2.40. The van der Waals surface area contributed by atoms with Crippen molar-refractivity contribution in [1.29, 1.82) is 0 Å². The number of hydrogen-bond acceptors (Lipinski definition) is 7. The molecule has 7 nitrogen and oxygen atoms in total. The number of rotatable bonds is 9. The number of nitrogens with one attached hydrogen (secondary N) is 1. The van der Waals surface area contributed by atoms with Gasteiger partial charge in [0.15, 0.2) is 0 Å². The maximum Gasteiger partial charge on any atom is 0.490 e. The molecule has 3 rings (SSSR count). The fourth-order valence-electron chi connectivity index (χ4n) is 2.77. The molecular formula is C21H21F3N2O5S3. The Morgan fingerprint density at radius 3 is 1.94 bits per heavy atom. The lowest BCUT2D eigenvalue weighted by molar-refractivity contribution is -0.192. The van der Waals surface area contributed by atoms with Crippen molar-refractivity contribution in [1.82, 2.24) is 5.32 Å². The van der Waals surface area contributed by atoms with Crippen LogP contribution in [0.5, 0.6) is 0 Å². The van der Waals surface area contributed by atoms with Crippen molar-refractivity contribution >= 4 is 51.9 Å². The summed E-state index contributed by atoms with van der Waals surface area (Å²) >= 11 is 4.78. The van der Waals surface area contributed by atoms with Gasteiger partial charge < -0.3 is 21.3 Å². The number of carboxylic acid groups (broad SMARTS) is 2. The molecule has 3 heterocycles. The molecule has 13 heteroatoms. The quantitative estimate of drug-likeness (QED) is 0.317. The zero-order valence-electron chi connectivity index (χ0n) is 17.4. The van der Waals surface area contributed by atoms with E-state index in [9.17, 15) is 27.9 Å². The van der Waals surface area contributed by atoms with Crippen LogP contribution in [0.1, 0.15) is 43.1 Å². The van der Waals surface area contributed by atoms with E-state index in [0.717, 1.165) is 4.88 Å². The summed E-state index contributed by atoms with van der Waals surface area (Å²) in [6, 6.07) is 11.1. The molecule has 0 aliphatic carbocycles. The van der Waals surface area contributed by atoms with Gasteiger partial charge in [-0.2, -0.15) is 13.2 Å². The fourth-order valence-corrected chi connectivity index (χ4v) is 5.77. The predicted octanol–water partition coefficient (Wildman–Crippen LogP) is 4.61. The molecule has 184 valence electrons. The number of amides is 1. The lowest BCUT2D eigenvalue weighted by Gasteiger charge is -2.13. The van der Waals surface area contributed by atoms with E-state index in [2.05, 4.69) is 17.4 Å². The Morgan fingerprint density at radius 2 is 1.53 bits per heavy atom. The zero-order valence-corrected chi connectivity index (χ0v) is 19.9. The van der Waals surface area contributed by atoms with Gasteiger partial charge in [0.25, 0.3) is 5.91 Å². The molecule has 0 aliphatic heterocycles. The largest absolute Gasteiger partial charge is 0.490 e. The fraction of sp³-hybridized carbons (Fsp3) is 0.286. The van der Waals surface area contributed by atoms with Crippen molar-refractivity contribution in [2.75, 3.05) is 6.54 Å². The summed E-state index contributed by atoms with van der Waals surface area (Å²) in [6.07, 6.45) is -4.21. The first-order chi connectivity index (χ1) is 16.0. The Bertz CT molecular complexity index is 1030. The molecule has 3 aromatic heterocycles. The lowest BCUT2D eigenvalue weighted by atomic mass is 10.0. The third kappa shape index (κ3) is 7.94. The SMILES string of the molecule is NCCC[C@H](NC(=O)c1ccc(C(c2cccs2)c2cccs2)s1)C(=O)O.O=C(O)C(F)(F)F. The summed E-state index contributed by atoms with van der Waals surface area (Å²) < 4.78 is 31.7. The maximum atomic E-state index is 12.5. The van der Waals surface area contributed by atoms with E-state index in [1.54, 1.807) is 28.7 Å². The highest BCUT2D eigenvalue weighted by atomic mass is 32.1. The van der Waals surface area contributed by atoms with Gasteiger partial charge in [-0.1, -0.05) is 12.1 Å². The molecule has 0 saturated heterocycles. The molecule has 0 fully saturated rings. The van der Waals surface area contributed by atoms with Crippen LogP contribution in [0.25, 0.3) is 0 Å². The molecule has 0 radical (unpaired) electrons. The van der Waals surface area contributed by atoms with E-state index in [1.165, 1.54) is 21.1 Å². The highest BCUT2D eigenvalue weighted by Crippen LogP contribution is 2.40. The number of carboxylic acids is 2. The van der Waals surface area contributed by atoms with E-state index in [1.807, 2.05) is 29.0 Å². The van der Waals surface area contributed by atoms with Crippen molar-refractivity contribution in [3.63, 3.8) is 0 Å². The van der Waals surface area contributed by atoms with E-state index in [4.69, 9.17) is 15.6 Å². The minimum atomic E-state index is -5.08. The van der Waals surface area contributed by atoms with Gasteiger partial charge in [0.2, 0.25) is 0 Å². The normalized spacial score (nSPS) is 12.0. The molecule has 1 amide bonds. The summed E-state index contributed by atoms with van der Waals surface area (Å²) in [7, 11) is 0. The first-order valence-corrected chi connectivity index (χ1v) is 12.3. The van der Waals surface area contributed by atoms with Crippen LogP contribution in [0.3, 0.4) is 0 Å². The monoisotopic (exact) mass is 534 g/mol. The van der Waals surface area contributed by atoms with Gasteiger partial charge in [-0.15, -0.1) is 34.0 Å². The molecule has 1 atom stereocenters. The zero-order chi connectivity index (χ0) is 25.3. The van der Waals surface area contributed by atoms with E-state index < -0.39 is 24.2 Å². The van der Waals surface area contributed by atoms with Gasteiger partial charge in [0.1, 0.15) is 6.04 Å². The summed E-state index contributed by atoms with van der Waals surface area (Å²) in [4.78, 5) is 36.8. The highest BCUT2D eigenvalue weighted by molar-refractivity contribution is 7.15. The predicted molar refractivity (Wildman–Crippen MR) is 125 cm³/mol. The topological polar surface area (TPSA) is 130 Å². The maximum absolute atomic E-state index is 12.5. The Kier molecular flexibility index (Phi) is 10.2. The van der Waals surface area contributed by atoms with Crippen molar-refractivity contribution < 1.29 is 37.8 Å². The van der Waals surface area contributed by atoms with Crippen LogP contribution in [0.4, 0.5) is 13.2 Å². The number of hydrogen-bond donors (Lipinski definition) is 4. The van der Waals surface area contributed by atoms with Crippen molar-refractivity contribution in [2.45, 2.75) is 31.0 Å². The third-order valence-electron chi connectivity index (χ3n) is 4.33. The van der Waals surface area contributed by atoms with Crippen LogP contribution in [-0.2, 0) is 9.59 Å². The molecule has 5 N–H and O–H groups in total. The van der Waals surface area contributed by atoms with Crippen molar-refractivity contribution in [3.05, 3.63) is 66.7 Å². The smallest absolute Gasteiger partial charge is 0.480 e. The van der Waals surface area contributed by atoms with Crippen LogP contribution < -0.4 is 11.1 Å². The minimum absolute atomic E-state index is 0.101. The molecule has 34 heavy (non-hydrogen) atoms. The van der Waals surface area contributed by atoms with E-state index in [0.29, 0.717) is 24.3 Å². The van der Waals surface area contributed by atoms with Gasteiger partial charge in [-0.05, 0) is 54.4 Å². The first kappa shape index (κ1) is 27.5. The number of carbonyl (C=O) groups excluding carboxylic acids is 1. The second-order valence-corrected chi connectivity index (χ2v) is 9.84. The molecule has 0 unspecified atom stereocenters.